The first kappa shape index (κ1) is 24.9. The Kier molecular flexibility index (Phi) is 7.76. The van der Waals surface area contributed by atoms with Gasteiger partial charge in [0.25, 0.3) is 0 Å². The number of nitrogens with zero attached hydrogens (tertiary/aromatic N) is 2. The summed E-state index contributed by atoms with van der Waals surface area (Å²) in [6, 6.07) is 19.7. The lowest BCUT2D eigenvalue weighted by atomic mass is 9.82. The van der Waals surface area contributed by atoms with Crippen molar-refractivity contribution in [1.29, 1.82) is 0 Å². The molecule has 4 aliphatic heterocycles. The van der Waals surface area contributed by atoms with Crippen molar-refractivity contribution < 1.29 is 31.2 Å². The zero-order valence-corrected chi connectivity index (χ0v) is 20.7. The number of hydrogen-bond acceptors (Lipinski definition) is 4. The van der Waals surface area contributed by atoms with Gasteiger partial charge in [0.05, 0.1) is 13.1 Å². The van der Waals surface area contributed by atoms with Crippen LogP contribution in [-0.2, 0) is 9.53 Å². The van der Waals surface area contributed by atoms with Crippen LogP contribution in [0.4, 0.5) is 0 Å². The molecule has 4 aliphatic rings. The number of ether oxygens (including phenoxy) is 1. The molecule has 4 saturated heterocycles. The van der Waals surface area contributed by atoms with Crippen molar-refractivity contribution in [3.05, 3.63) is 71.8 Å². The lowest BCUT2D eigenvalue weighted by Crippen LogP contribution is -3.00. The number of quaternary nitrogens is 1. The van der Waals surface area contributed by atoms with Crippen LogP contribution in [0.3, 0.4) is 0 Å². The molecule has 0 aromatic heterocycles. The Morgan fingerprint density at radius 1 is 1.00 bits per heavy atom. The SMILES string of the molecule is C[C@@H]1CCCN1C(C(=O)O[C@H]1C[N+]2(CC(=O)c3ccccc3)CCC1CC2)c1ccccc1.[Cl-]. The third-order valence-electron chi connectivity index (χ3n) is 8.16. The van der Waals surface area contributed by atoms with E-state index >= 15 is 0 Å². The van der Waals surface area contributed by atoms with Gasteiger partial charge in [0.15, 0.2) is 6.10 Å². The smallest absolute Gasteiger partial charge is 0.328 e. The molecule has 0 saturated carbocycles. The second kappa shape index (κ2) is 10.6. The predicted octanol–water partition coefficient (Wildman–Crippen LogP) is 1.25. The van der Waals surface area contributed by atoms with Crippen LogP contribution >= 0.6 is 0 Å². The van der Waals surface area contributed by atoms with Gasteiger partial charge in [-0.2, -0.15) is 0 Å². The quantitative estimate of drug-likeness (QED) is 0.338. The summed E-state index contributed by atoms with van der Waals surface area (Å²) >= 11 is 0. The van der Waals surface area contributed by atoms with E-state index in [0.29, 0.717) is 18.5 Å². The first-order valence-corrected chi connectivity index (χ1v) is 12.5. The summed E-state index contributed by atoms with van der Waals surface area (Å²) < 4.78 is 7.06. The fraction of sp³-hybridized carbons (Fsp3) is 0.500. The number of fused-ring (bicyclic) bond motifs is 3. The van der Waals surface area contributed by atoms with Gasteiger partial charge in [-0.15, -0.1) is 0 Å². The maximum atomic E-state index is 13.6. The van der Waals surface area contributed by atoms with Gasteiger partial charge < -0.3 is 21.6 Å². The number of hydrogen-bond donors (Lipinski definition) is 0. The normalized spacial score (nSPS) is 29.3. The highest BCUT2D eigenvalue weighted by molar-refractivity contribution is 5.97. The van der Waals surface area contributed by atoms with E-state index in [1.165, 1.54) is 0 Å². The molecule has 2 aromatic rings. The highest BCUT2D eigenvalue weighted by Crippen LogP contribution is 2.38. The zero-order chi connectivity index (χ0) is 22.8. The average molecular weight is 483 g/mol. The summed E-state index contributed by atoms with van der Waals surface area (Å²) in [6.07, 6.45) is 4.18. The predicted molar refractivity (Wildman–Crippen MR) is 128 cm³/mol. The van der Waals surface area contributed by atoms with Gasteiger partial charge in [-0.3, -0.25) is 9.69 Å². The largest absolute Gasteiger partial charge is 1.00 e. The monoisotopic (exact) mass is 482 g/mol. The number of ketones is 1. The molecule has 182 valence electrons. The molecule has 6 rings (SSSR count). The van der Waals surface area contributed by atoms with Crippen molar-refractivity contribution in [2.24, 2.45) is 5.92 Å². The maximum Gasteiger partial charge on any atom is 0.328 e. The van der Waals surface area contributed by atoms with Gasteiger partial charge in [-0.25, -0.2) is 4.79 Å². The number of benzene rings is 2. The summed E-state index contributed by atoms with van der Waals surface area (Å²) in [5.41, 5.74) is 1.79. The van der Waals surface area contributed by atoms with Gasteiger partial charge in [0.1, 0.15) is 19.1 Å². The van der Waals surface area contributed by atoms with E-state index in [2.05, 4.69) is 11.8 Å². The van der Waals surface area contributed by atoms with Crippen LogP contribution in [0.15, 0.2) is 60.7 Å². The van der Waals surface area contributed by atoms with E-state index in [1.807, 2.05) is 60.7 Å². The van der Waals surface area contributed by atoms with E-state index in [-0.39, 0.29) is 36.3 Å². The topological polar surface area (TPSA) is 46.6 Å². The summed E-state index contributed by atoms with van der Waals surface area (Å²) in [7, 11) is 0. The molecule has 4 heterocycles. The minimum atomic E-state index is -0.349. The molecule has 5 nitrogen and oxygen atoms in total. The average Bonchev–Trinajstić information content (AvgIpc) is 3.26. The van der Waals surface area contributed by atoms with Crippen molar-refractivity contribution in [3.63, 3.8) is 0 Å². The van der Waals surface area contributed by atoms with Gasteiger partial charge in [0, 0.05) is 30.4 Å². The van der Waals surface area contributed by atoms with E-state index in [4.69, 9.17) is 4.74 Å². The lowest BCUT2D eigenvalue weighted by molar-refractivity contribution is -0.938. The van der Waals surface area contributed by atoms with Crippen LogP contribution in [0.25, 0.3) is 0 Å². The Hall–Kier alpha value is -2.21. The number of esters is 1. The number of rotatable bonds is 7. The number of carbonyl (C=O) groups is 2. The molecule has 0 radical (unpaired) electrons. The van der Waals surface area contributed by atoms with Crippen molar-refractivity contribution in [2.75, 3.05) is 32.7 Å². The molecular weight excluding hydrogens is 448 g/mol. The van der Waals surface area contributed by atoms with E-state index < -0.39 is 0 Å². The zero-order valence-electron chi connectivity index (χ0n) is 19.9. The van der Waals surface area contributed by atoms with Crippen molar-refractivity contribution in [1.82, 2.24) is 4.90 Å². The van der Waals surface area contributed by atoms with E-state index in [1.54, 1.807) is 0 Å². The second-order valence-corrected chi connectivity index (χ2v) is 10.3. The maximum absolute atomic E-state index is 13.6. The number of halogens is 1. The Labute approximate surface area is 209 Å². The standard InChI is InChI=1S/C28H35N2O3.ClH/c1-21-9-8-16-29(21)27(24-12-6-3-7-13-24)28(32)33-26-20-30(17-14-23(26)15-18-30)19-25(31)22-10-4-2-5-11-22;/h2-7,10-13,21,23,26-27H,8-9,14-20H2,1H3;1H/q+1;/p-1/t21-,23?,26+,27?,30?;/m1./s1. The van der Waals surface area contributed by atoms with Crippen LogP contribution in [-0.4, -0.2) is 66.0 Å². The Bertz CT molecular complexity index is 976. The third-order valence-corrected chi connectivity index (χ3v) is 8.16. The number of Topliss-reactive ketones (excluding diaryl/α,β-unsaturated/α-hetero) is 1. The molecule has 0 N–H and O–H groups in total. The summed E-state index contributed by atoms with van der Waals surface area (Å²) in [5, 5.41) is 0. The molecular formula is C28H35ClN2O3. The highest BCUT2D eigenvalue weighted by Gasteiger charge is 2.49. The Balaban J connectivity index is 0.00000274. The molecule has 3 atom stereocenters. The summed E-state index contributed by atoms with van der Waals surface area (Å²) in [4.78, 5) is 28.9. The number of piperidine rings is 3. The molecule has 0 amide bonds. The third kappa shape index (κ3) is 5.07. The first-order chi connectivity index (χ1) is 16.0. The lowest BCUT2D eigenvalue weighted by Gasteiger charge is -2.51. The Morgan fingerprint density at radius 2 is 1.65 bits per heavy atom. The first-order valence-electron chi connectivity index (χ1n) is 12.5. The van der Waals surface area contributed by atoms with Gasteiger partial charge >= 0.3 is 5.97 Å². The summed E-state index contributed by atoms with van der Waals surface area (Å²) in [6.45, 7) is 6.39. The van der Waals surface area contributed by atoms with E-state index in [0.717, 1.165) is 67.5 Å². The van der Waals surface area contributed by atoms with Gasteiger partial charge in [-0.05, 0) is 31.9 Å². The highest BCUT2D eigenvalue weighted by atomic mass is 35.5. The molecule has 2 bridgehead atoms. The number of carbonyl (C=O) groups excluding carboxylic acids is 2. The minimum Gasteiger partial charge on any atom is -1.00 e. The van der Waals surface area contributed by atoms with Gasteiger partial charge in [-0.1, -0.05) is 60.7 Å². The van der Waals surface area contributed by atoms with Crippen molar-refractivity contribution >= 4 is 11.8 Å². The molecule has 0 spiro atoms. The van der Waals surface area contributed by atoms with Crippen LogP contribution in [0, 0.1) is 5.92 Å². The van der Waals surface area contributed by atoms with Crippen LogP contribution in [0.1, 0.15) is 54.6 Å². The fourth-order valence-corrected chi connectivity index (χ4v) is 6.25. The van der Waals surface area contributed by atoms with Gasteiger partial charge in [0.2, 0.25) is 5.78 Å². The fourth-order valence-electron chi connectivity index (χ4n) is 6.25. The summed E-state index contributed by atoms with van der Waals surface area (Å²) in [5.74, 6) is 0.475. The van der Waals surface area contributed by atoms with E-state index in [9.17, 15) is 9.59 Å². The van der Waals surface area contributed by atoms with Crippen molar-refractivity contribution in [2.45, 2.75) is 50.8 Å². The second-order valence-electron chi connectivity index (χ2n) is 10.3. The Morgan fingerprint density at radius 3 is 2.26 bits per heavy atom. The van der Waals surface area contributed by atoms with Crippen LogP contribution < -0.4 is 12.4 Å². The van der Waals surface area contributed by atoms with Crippen LogP contribution in [0.5, 0.6) is 0 Å². The molecule has 4 fully saturated rings. The molecule has 2 aromatic carbocycles. The molecule has 34 heavy (non-hydrogen) atoms. The van der Waals surface area contributed by atoms with Crippen molar-refractivity contribution in [3.8, 4) is 0 Å². The minimum absolute atomic E-state index is 0. The van der Waals surface area contributed by atoms with Crippen LogP contribution in [0.2, 0.25) is 0 Å². The molecule has 6 heteroatoms. The molecule has 1 unspecified atom stereocenters. The molecule has 0 aliphatic carbocycles. The number of likely N-dealkylation sites (tertiary alicyclic amines) is 1.